The lowest BCUT2D eigenvalue weighted by atomic mass is 9.99. The summed E-state index contributed by atoms with van der Waals surface area (Å²) in [6, 6.07) is 19.0. The minimum Gasteiger partial charge on any atom is -0.327 e. The number of benzene rings is 2. The third kappa shape index (κ3) is 3.90. The fourth-order valence-corrected chi connectivity index (χ4v) is 4.21. The van der Waals surface area contributed by atoms with Gasteiger partial charge in [0.15, 0.2) is 10.9 Å². The van der Waals surface area contributed by atoms with Crippen LogP contribution >= 0.6 is 11.3 Å². The van der Waals surface area contributed by atoms with Gasteiger partial charge < -0.3 is 5.32 Å². The molecule has 5 nitrogen and oxygen atoms in total. The Bertz CT molecular complexity index is 915. The molecule has 1 aliphatic carbocycles. The van der Waals surface area contributed by atoms with Crippen LogP contribution < -0.4 is 10.6 Å². The lowest BCUT2D eigenvalue weighted by Crippen LogP contribution is -2.33. The molecule has 4 rings (SSSR count). The highest BCUT2D eigenvalue weighted by Crippen LogP contribution is 2.30. The standard InChI is InChI=1S/C21H19N3O2S/c25-17-13-7-12-16-19(17)27-21(22-16)24-20(26)23-18(14-8-3-1-4-9-14)15-10-5-2-6-11-15/h1-6,8-11,18H,7,12-13H2,(H2,22,23,24,26). The Morgan fingerprint density at radius 2 is 1.59 bits per heavy atom. The number of carbonyl (C=O) groups excluding carboxylic acids is 2. The van der Waals surface area contributed by atoms with Crippen molar-refractivity contribution in [2.75, 3.05) is 5.32 Å². The van der Waals surface area contributed by atoms with Crippen molar-refractivity contribution in [3.8, 4) is 0 Å². The lowest BCUT2D eigenvalue weighted by Gasteiger charge is -2.19. The summed E-state index contributed by atoms with van der Waals surface area (Å²) in [4.78, 5) is 29.7. The van der Waals surface area contributed by atoms with Gasteiger partial charge >= 0.3 is 6.03 Å². The third-order valence-electron chi connectivity index (χ3n) is 4.53. The van der Waals surface area contributed by atoms with Crippen LogP contribution in [0.2, 0.25) is 0 Å². The molecule has 0 spiro atoms. The van der Waals surface area contributed by atoms with Crippen LogP contribution in [0.5, 0.6) is 0 Å². The van der Waals surface area contributed by atoms with Crippen LogP contribution in [0.4, 0.5) is 9.93 Å². The van der Waals surface area contributed by atoms with E-state index < -0.39 is 0 Å². The SMILES string of the molecule is O=C(Nc1nc2c(s1)C(=O)CCC2)NC(c1ccccc1)c1ccccc1. The first kappa shape index (κ1) is 17.4. The van der Waals surface area contributed by atoms with Gasteiger partial charge in [0.05, 0.1) is 16.6 Å². The van der Waals surface area contributed by atoms with Gasteiger partial charge in [-0.15, -0.1) is 0 Å². The van der Waals surface area contributed by atoms with E-state index in [-0.39, 0.29) is 17.9 Å². The third-order valence-corrected chi connectivity index (χ3v) is 5.58. The van der Waals surface area contributed by atoms with Gasteiger partial charge in [0, 0.05) is 6.42 Å². The smallest absolute Gasteiger partial charge is 0.321 e. The van der Waals surface area contributed by atoms with E-state index in [1.807, 2.05) is 60.7 Å². The average molecular weight is 377 g/mol. The predicted octanol–water partition coefficient (Wildman–Crippen LogP) is 4.57. The zero-order chi connectivity index (χ0) is 18.6. The number of thiazole rings is 1. The fourth-order valence-electron chi connectivity index (χ4n) is 3.24. The molecule has 136 valence electrons. The van der Waals surface area contributed by atoms with Crippen molar-refractivity contribution in [2.45, 2.75) is 25.3 Å². The van der Waals surface area contributed by atoms with Crippen LogP contribution in [0.15, 0.2) is 60.7 Å². The molecule has 1 aromatic heterocycles. The molecule has 0 radical (unpaired) electrons. The number of amides is 2. The number of Topliss-reactive ketones (excluding diaryl/α,β-unsaturated/α-hetero) is 1. The number of urea groups is 1. The maximum absolute atomic E-state index is 12.6. The second-order valence-corrected chi connectivity index (χ2v) is 7.42. The quantitative estimate of drug-likeness (QED) is 0.699. The molecule has 0 aliphatic heterocycles. The van der Waals surface area contributed by atoms with E-state index in [2.05, 4.69) is 15.6 Å². The molecular weight excluding hydrogens is 358 g/mol. The van der Waals surface area contributed by atoms with Crippen molar-refractivity contribution in [2.24, 2.45) is 0 Å². The fraction of sp³-hybridized carbons (Fsp3) is 0.190. The normalized spacial score (nSPS) is 13.3. The number of rotatable bonds is 4. The Balaban J connectivity index is 1.53. The van der Waals surface area contributed by atoms with Crippen LogP contribution in [-0.4, -0.2) is 16.8 Å². The maximum Gasteiger partial charge on any atom is 0.321 e. The van der Waals surface area contributed by atoms with E-state index in [0.717, 1.165) is 29.7 Å². The Morgan fingerprint density at radius 1 is 0.963 bits per heavy atom. The van der Waals surface area contributed by atoms with Crippen molar-refractivity contribution < 1.29 is 9.59 Å². The predicted molar refractivity (Wildman–Crippen MR) is 106 cm³/mol. The number of carbonyl (C=O) groups is 2. The summed E-state index contributed by atoms with van der Waals surface area (Å²) in [5.41, 5.74) is 2.79. The highest BCUT2D eigenvalue weighted by atomic mass is 32.1. The number of fused-ring (bicyclic) bond motifs is 1. The molecule has 0 atom stereocenters. The van der Waals surface area contributed by atoms with Gasteiger partial charge in [-0.1, -0.05) is 72.0 Å². The summed E-state index contributed by atoms with van der Waals surface area (Å²) in [6.45, 7) is 0. The second-order valence-electron chi connectivity index (χ2n) is 6.42. The second kappa shape index (κ2) is 7.72. The minimum atomic E-state index is -0.341. The first-order valence-corrected chi connectivity index (χ1v) is 9.72. The van der Waals surface area contributed by atoms with Crippen LogP contribution in [-0.2, 0) is 6.42 Å². The zero-order valence-electron chi connectivity index (χ0n) is 14.6. The van der Waals surface area contributed by atoms with Gasteiger partial charge in [-0.3, -0.25) is 10.1 Å². The largest absolute Gasteiger partial charge is 0.327 e. The molecule has 6 heteroatoms. The molecule has 2 aromatic carbocycles. The minimum absolute atomic E-state index is 0.119. The molecular formula is C21H19N3O2S. The van der Waals surface area contributed by atoms with E-state index in [4.69, 9.17) is 0 Å². The van der Waals surface area contributed by atoms with Crippen molar-refractivity contribution in [3.05, 3.63) is 82.4 Å². The van der Waals surface area contributed by atoms with E-state index in [9.17, 15) is 9.59 Å². The first-order valence-electron chi connectivity index (χ1n) is 8.91. The Morgan fingerprint density at radius 3 is 2.19 bits per heavy atom. The summed E-state index contributed by atoms with van der Waals surface area (Å²) in [6.07, 6.45) is 2.17. The number of nitrogens with one attached hydrogen (secondary N) is 2. The highest BCUT2D eigenvalue weighted by Gasteiger charge is 2.23. The molecule has 27 heavy (non-hydrogen) atoms. The topological polar surface area (TPSA) is 71.1 Å². The monoisotopic (exact) mass is 377 g/mol. The van der Waals surface area contributed by atoms with E-state index in [0.29, 0.717) is 16.4 Å². The van der Waals surface area contributed by atoms with Gasteiger partial charge in [0.1, 0.15) is 0 Å². The highest BCUT2D eigenvalue weighted by molar-refractivity contribution is 7.17. The van der Waals surface area contributed by atoms with Gasteiger partial charge in [-0.25, -0.2) is 9.78 Å². The van der Waals surface area contributed by atoms with Crippen molar-refractivity contribution >= 4 is 28.3 Å². The number of aromatic nitrogens is 1. The van der Waals surface area contributed by atoms with Gasteiger partial charge in [-0.2, -0.15) is 0 Å². The Kier molecular flexibility index (Phi) is 4.98. The number of nitrogens with zero attached hydrogens (tertiary/aromatic N) is 1. The lowest BCUT2D eigenvalue weighted by molar-refractivity contribution is 0.0976. The number of hydrogen-bond donors (Lipinski definition) is 2. The molecule has 1 heterocycles. The van der Waals surface area contributed by atoms with Crippen LogP contribution in [0.1, 0.15) is 45.4 Å². The number of hydrogen-bond acceptors (Lipinski definition) is 4. The van der Waals surface area contributed by atoms with Crippen LogP contribution in [0.3, 0.4) is 0 Å². The molecule has 2 N–H and O–H groups in total. The van der Waals surface area contributed by atoms with Gasteiger partial charge in [-0.05, 0) is 24.0 Å². The molecule has 0 unspecified atom stereocenters. The van der Waals surface area contributed by atoms with E-state index in [1.54, 1.807) is 0 Å². The maximum atomic E-state index is 12.6. The summed E-state index contributed by atoms with van der Waals surface area (Å²) in [7, 11) is 0. The first-order chi connectivity index (χ1) is 13.2. The Labute approximate surface area is 161 Å². The van der Waals surface area contributed by atoms with Crippen molar-refractivity contribution in [3.63, 3.8) is 0 Å². The van der Waals surface area contributed by atoms with Crippen LogP contribution in [0, 0.1) is 0 Å². The van der Waals surface area contributed by atoms with Crippen molar-refractivity contribution in [1.82, 2.24) is 10.3 Å². The summed E-state index contributed by atoms with van der Waals surface area (Å²) in [5, 5.41) is 6.28. The van der Waals surface area contributed by atoms with Crippen molar-refractivity contribution in [1.29, 1.82) is 0 Å². The average Bonchev–Trinajstić information content (AvgIpc) is 3.11. The molecule has 3 aromatic rings. The molecule has 0 bridgehead atoms. The summed E-state index contributed by atoms with van der Waals surface area (Å²) < 4.78 is 0. The number of ketones is 1. The molecule has 0 saturated carbocycles. The molecule has 1 aliphatic rings. The summed E-state index contributed by atoms with van der Waals surface area (Å²) >= 11 is 1.26. The van der Waals surface area contributed by atoms with E-state index >= 15 is 0 Å². The number of aryl methyl sites for hydroxylation is 1. The van der Waals surface area contributed by atoms with E-state index in [1.165, 1.54) is 11.3 Å². The zero-order valence-corrected chi connectivity index (χ0v) is 15.5. The molecule has 2 amide bonds. The van der Waals surface area contributed by atoms with Crippen LogP contribution in [0.25, 0.3) is 0 Å². The number of anilines is 1. The Hall–Kier alpha value is -2.99. The van der Waals surface area contributed by atoms with Gasteiger partial charge in [0.25, 0.3) is 0 Å². The summed E-state index contributed by atoms with van der Waals surface area (Å²) in [5.74, 6) is 0.119. The molecule has 0 saturated heterocycles. The molecule has 0 fully saturated rings. The van der Waals surface area contributed by atoms with Gasteiger partial charge in [0.2, 0.25) is 0 Å².